The molecule has 2 rings (SSSR count). The van der Waals surface area contributed by atoms with E-state index in [2.05, 4.69) is 10.2 Å². The van der Waals surface area contributed by atoms with E-state index in [9.17, 15) is 10.1 Å². The molecule has 15 heavy (non-hydrogen) atoms. The molecule has 0 amide bonds. The number of aromatic nitrogens is 2. The summed E-state index contributed by atoms with van der Waals surface area (Å²) < 4.78 is 5.01. The lowest BCUT2D eigenvalue weighted by molar-refractivity contribution is -0.383. The molecule has 0 atom stereocenters. The monoisotopic (exact) mass is 205 g/mol. The van der Waals surface area contributed by atoms with Crippen LogP contribution in [0.1, 0.15) is 0 Å². The molecule has 0 saturated carbocycles. The number of methoxy groups -OCH3 is 1. The van der Waals surface area contributed by atoms with Gasteiger partial charge in [0.15, 0.2) is 5.75 Å². The van der Waals surface area contributed by atoms with Crippen molar-refractivity contribution in [3.05, 3.63) is 34.5 Å². The molecular formula is C9H7N3O3. The van der Waals surface area contributed by atoms with Crippen molar-refractivity contribution < 1.29 is 9.66 Å². The maximum atomic E-state index is 10.8. The molecule has 0 unspecified atom stereocenters. The Labute approximate surface area is 84.7 Å². The van der Waals surface area contributed by atoms with Crippen molar-refractivity contribution in [2.45, 2.75) is 0 Å². The minimum atomic E-state index is -0.466. The fourth-order valence-electron chi connectivity index (χ4n) is 1.38. The third-order valence-electron chi connectivity index (χ3n) is 2.02. The smallest absolute Gasteiger partial charge is 0.282 e. The summed E-state index contributed by atoms with van der Waals surface area (Å²) in [5.41, 5.74) is 0.419. The number of rotatable bonds is 2. The molecule has 0 N–H and O–H groups in total. The SMILES string of the molecule is COc1cnnc2cccc([N+](=O)[O-])c12. The maximum absolute atomic E-state index is 10.8. The first-order chi connectivity index (χ1) is 7.24. The van der Waals surface area contributed by atoms with Crippen LogP contribution < -0.4 is 4.74 Å². The molecule has 0 saturated heterocycles. The van der Waals surface area contributed by atoms with Gasteiger partial charge in [-0.2, -0.15) is 5.10 Å². The number of ether oxygens (including phenoxy) is 1. The summed E-state index contributed by atoms with van der Waals surface area (Å²) in [4.78, 5) is 10.3. The van der Waals surface area contributed by atoms with E-state index in [1.54, 1.807) is 12.1 Å². The van der Waals surface area contributed by atoms with Gasteiger partial charge in [0.05, 0.1) is 18.2 Å². The van der Waals surface area contributed by atoms with Crippen LogP contribution in [0.15, 0.2) is 24.4 Å². The fourth-order valence-corrected chi connectivity index (χ4v) is 1.38. The number of benzene rings is 1. The minimum absolute atomic E-state index is 0.0285. The number of fused-ring (bicyclic) bond motifs is 1. The van der Waals surface area contributed by atoms with Crippen LogP contribution in [0, 0.1) is 10.1 Å². The van der Waals surface area contributed by atoms with Crippen molar-refractivity contribution in [1.82, 2.24) is 10.2 Å². The summed E-state index contributed by atoms with van der Waals surface area (Å²) in [5.74, 6) is 0.354. The lowest BCUT2D eigenvalue weighted by Gasteiger charge is -2.03. The Morgan fingerprint density at radius 1 is 1.47 bits per heavy atom. The second kappa shape index (κ2) is 3.49. The van der Waals surface area contributed by atoms with Crippen molar-refractivity contribution in [1.29, 1.82) is 0 Å². The first-order valence-electron chi connectivity index (χ1n) is 4.17. The van der Waals surface area contributed by atoms with Crippen molar-refractivity contribution in [3.63, 3.8) is 0 Å². The minimum Gasteiger partial charge on any atom is -0.494 e. The van der Waals surface area contributed by atoms with E-state index in [0.717, 1.165) is 0 Å². The third-order valence-corrected chi connectivity index (χ3v) is 2.02. The molecule has 76 valence electrons. The van der Waals surface area contributed by atoms with E-state index >= 15 is 0 Å². The van der Waals surface area contributed by atoms with Crippen LogP contribution in [-0.4, -0.2) is 22.2 Å². The number of nitro groups is 1. The molecule has 0 bridgehead atoms. The Morgan fingerprint density at radius 2 is 2.27 bits per heavy atom. The molecule has 0 aliphatic rings. The summed E-state index contributed by atoms with van der Waals surface area (Å²) >= 11 is 0. The Morgan fingerprint density at radius 3 is 2.93 bits per heavy atom. The fraction of sp³-hybridized carbons (Fsp3) is 0.111. The molecule has 6 nitrogen and oxygen atoms in total. The highest BCUT2D eigenvalue weighted by Gasteiger charge is 2.16. The van der Waals surface area contributed by atoms with Crippen LogP contribution >= 0.6 is 0 Å². The highest BCUT2D eigenvalue weighted by atomic mass is 16.6. The molecule has 1 aromatic carbocycles. The highest BCUT2D eigenvalue weighted by molar-refractivity contribution is 5.92. The first kappa shape index (κ1) is 9.32. The van der Waals surface area contributed by atoms with Gasteiger partial charge in [-0.25, -0.2) is 0 Å². The van der Waals surface area contributed by atoms with Gasteiger partial charge in [0, 0.05) is 6.07 Å². The quantitative estimate of drug-likeness (QED) is 0.549. The second-order valence-corrected chi connectivity index (χ2v) is 2.84. The summed E-state index contributed by atoms with van der Waals surface area (Å²) in [6.07, 6.45) is 1.36. The summed E-state index contributed by atoms with van der Waals surface area (Å²) in [6, 6.07) is 4.62. The van der Waals surface area contributed by atoms with Crippen molar-refractivity contribution in [2.24, 2.45) is 0 Å². The maximum Gasteiger partial charge on any atom is 0.282 e. The summed E-state index contributed by atoms with van der Waals surface area (Å²) in [7, 11) is 1.44. The Balaban J connectivity index is 2.87. The predicted molar refractivity (Wildman–Crippen MR) is 52.7 cm³/mol. The lowest BCUT2D eigenvalue weighted by atomic mass is 10.2. The normalized spacial score (nSPS) is 10.2. The second-order valence-electron chi connectivity index (χ2n) is 2.84. The zero-order valence-electron chi connectivity index (χ0n) is 7.88. The molecule has 6 heteroatoms. The van der Waals surface area contributed by atoms with Gasteiger partial charge in [-0.05, 0) is 6.07 Å². The van der Waals surface area contributed by atoms with Gasteiger partial charge >= 0.3 is 0 Å². The van der Waals surface area contributed by atoms with E-state index in [1.807, 2.05) is 0 Å². The number of nitrogens with zero attached hydrogens (tertiary/aromatic N) is 3. The third kappa shape index (κ3) is 1.45. The Bertz CT molecular complexity index is 522. The standard InChI is InChI=1S/C9H7N3O3/c1-15-8-5-10-11-6-3-2-4-7(9(6)8)12(13)14/h2-5H,1H3. The van der Waals surface area contributed by atoms with Gasteiger partial charge in [-0.3, -0.25) is 10.1 Å². The zero-order valence-corrected chi connectivity index (χ0v) is 7.88. The van der Waals surface area contributed by atoms with E-state index < -0.39 is 4.92 Å². The van der Waals surface area contributed by atoms with Gasteiger partial charge in [0.25, 0.3) is 5.69 Å². The van der Waals surface area contributed by atoms with E-state index in [-0.39, 0.29) is 5.69 Å². The van der Waals surface area contributed by atoms with Crippen LogP contribution in [0.2, 0.25) is 0 Å². The molecule has 0 fully saturated rings. The molecule has 2 aromatic rings. The van der Waals surface area contributed by atoms with Gasteiger partial charge in [-0.15, -0.1) is 5.10 Å². The molecule has 1 aromatic heterocycles. The van der Waals surface area contributed by atoms with Crippen LogP contribution in [0.25, 0.3) is 10.9 Å². The lowest BCUT2D eigenvalue weighted by Crippen LogP contribution is -1.95. The largest absolute Gasteiger partial charge is 0.494 e. The molecule has 0 aliphatic carbocycles. The number of hydrogen-bond acceptors (Lipinski definition) is 5. The van der Waals surface area contributed by atoms with Gasteiger partial charge < -0.3 is 4.74 Å². The number of non-ortho nitro benzene ring substituents is 1. The number of nitro benzene ring substituents is 1. The van der Waals surface area contributed by atoms with Gasteiger partial charge in [0.1, 0.15) is 10.9 Å². The topological polar surface area (TPSA) is 78.2 Å². The van der Waals surface area contributed by atoms with Crippen molar-refractivity contribution in [3.8, 4) is 5.75 Å². The van der Waals surface area contributed by atoms with Crippen LogP contribution in [0.4, 0.5) is 5.69 Å². The Kier molecular flexibility index (Phi) is 2.17. The van der Waals surface area contributed by atoms with Crippen LogP contribution in [-0.2, 0) is 0 Å². The summed E-state index contributed by atoms with van der Waals surface area (Å²) in [6.45, 7) is 0. The molecule has 0 radical (unpaired) electrons. The average Bonchev–Trinajstić information content (AvgIpc) is 2.27. The van der Waals surface area contributed by atoms with E-state index in [0.29, 0.717) is 16.7 Å². The highest BCUT2D eigenvalue weighted by Crippen LogP contribution is 2.31. The Hall–Kier alpha value is -2.24. The molecule has 1 heterocycles. The summed E-state index contributed by atoms with van der Waals surface area (Å²) in [5, 5.41) is 18.6. The van der Waals surface area contributed by atoms with E-state index in [4.69, 9.17) is 4.74 Å². The first-order valence-corrected chi connectivity index (χ1v) is 4.17. The van der Waals surface area contributed by atoms with Crippen molar-refractivity contribution >= 4 is 16.6 Å². The predicted octanol–water partition coefficient (Wildman–Crippen LogP) is 1.55. The molecular weight excluding hydrogens is 198 g/mol. The molecule has 0 spiro atoms. The van der Waals surface area contributed by atoms with Crippen LogP contribution in [0.5, 0.6) is 5.75 Å². The zero-order chi connectivity index (χ0) is 10.8. The molecule has 0 aliphatic heterocycles. The van der Waals surface area contributed by atoms with Gasteiger partial charge in [-0.1, -0.05) is 6.07 Å². The van der Waals surface area contributed by atoms with Gasteiger partial charge in [0.2, 0.25) is 0 Å². The van der Waals surface area contributed by atoms with E-state index in [1.165, 1.54) is 19.4 Å². The number of hydrogen-bond donors (Lipinski definition) is 0. The van der Waals surface area contributed by atoms with Crippen molar-refractivity contribution in [2.75, 3.05) is 7.11 Å². The average molecular weight is 205 g/mol. The van der Waals surface area contributed by atoms with Crippen LogP contribution in [0.3, 0.4) is 0 Å².